The highest BCUT2D eigenvalue weighted by molar-refractivity contribution is 6.35. The lowest BCUT2D eigenvalue weighted by Crippen LogP contribution is -2.17. The van der Waals surface area contributed by atoms with Gasteiger partial charge < -0.3 is 4.74 Å². The molecule has 3 rings (SSSR count). The van der Waals surface area contributed by atoms with Gasteiger partial charge in [0.05, 0.1) is 6.21 Å². The van der Waals surface area contributed by atoms with Crippen molar-refractivity contribution in [2.45, 2.75) is 19.4 Å². The summed E-state index contributed by atoms with van der Waals surface area (Å²) in [6.07, 6.45) is 2.67. The van der Waals surface area contributed by atoms with Crippen LogP contribution in [0.5, 0.6) is 5.75 Å². The molecule has 6 heteroatoms. The Hall–Kier alpha value is -2.82. The van der Waals surface area contributed by atoms with Gasteiger partial charge in [-0.25, -0.2) is 5.43 Å². The Kier molecular flexibility index (Phi) is 7.68. The van der Waals surface area contributed by atoms with E-state index in [1.165, 1.54) is 0 Å². The third-order valence-electron chi connectivity index (χ3n) is 4.18. The number of hydrogen-bond donors (Lipinski definition) is 1. The first kappa shape index (κ1) is 20.9. The van der Waals surface area contributed by atoms with Crippen LogP contribution in [0.15, 0.2) is 77.9 Å². The fourth-order valence-corrected chi connectivity index (χ4v) is 3.05. The van der Waals surface area contributed by atoms with Crippen molar-refractivity contribution in [3.8, 4) is 5.75 Å². The zero-order chi connectivity index (χ0) is 20.5. The standard InChI is InChI=1S/C23H20Cl2N2O2/c24-20-10-9-19(22(25)14-20)16-29-21-11-6-18(7-12-21)15-26-27-23(28)13-8-17-4-2-1-3-5-17/h1-7,9-12,14-15H,8,13,16H2,(H,27,28)/b26-15+. The molecule has 0 unspecified atom stereocenters. The van der Waals surface area contributed by atoms with Crippen LogP contribution in [0.2, 0.25) is 10.0 Å². The fraction of sp³-hybridized carbons (Fsp3) is 0.130. The molecule has 0 aliphatic carbocycles. The minimum absolute atomic E-state index is 0.120. The Labute approximate surface area is 180 Å². The van der Waals surface area contributed by atoms with Gasteiger partial charge in [-0.05, 0) is 53.9 Å². The van der Waals surface area contributed by atoms with E-state index in [4.69, 9.17) is 27.9 Å². The summed E-state index contributed by atoms with van der Waals surface area (Å²) in [6.45, 7) is 0.348. The fourth-order valence-electron chi connectivity index (χ4n) is 2.59. The number of hydrazone groups is 1. The van der Waals surface area contributed by atoms with Gasteiger partial charge in [-0.15, -0.1) is 0 Å². The normalized spacial score (nSPS) is 10.8. The van der Waals surface area contributed by atoms with Gasteiger partial charge in [0.15, 0.2) is 0 Å². The number of ether oxygens (including phenoxy) is 1. The predicted molar refractivity (Wildman–Crippen MR) is 118 cm³/mol. The highest BCUT2D eigenvalue weighted by atomic mass is 35.5. The molecule has 0 aliphatic rings. The van der Waals surface area contributed by atoms with Crippen LogP contribution in [0.4, 0.5) is 0 Å². The van der Waals surface area contributed by atoms with Crippen molar-refractivity contribution in [2.24, 2.45) is 5.10 Å². The predicted octanol–water partition coefficient (Wildman–Crippen LogP) is 5.66. The van der Waals surface area contributed by atoms with Gasteiger partial charge in [0.2, 0.25) is 5.91 Å². The number of halogens is 2. The zero-order valence-corrected chi connectivity index (χ0v) is 17.2. The first-order valence-corrected chi connectivity index (χ1v) is 9.88. The minimum Gasteiger partial charge on any atom is -0.489 e. The average molecular weight is 427 g/mol. The lowest BCUT2D eigenvalue weighted by atomic mass is 10.1. The molecule has 29 heavy (non-hydrogen) atoms. The van der Waals surface area contributed by atoms with Crippen LogP contribution in [0.1, 0.15) is 23.1 Å². The van der Waals surface area contributed by atoms with Gasteiger partial charge in [0.25, 0.3) is 0 Å². The van der Waals surface area contributed by atoms with Crippen LogP contribution in [0.25, 0.3) is 0 Å². The summed E-state index contributed by atoms with van der Waals surface area (Å²) in [5, 5.41) is 5.17. The van der Waals surface area contributed by atoms with E-state index in [0.29, 0.717) is 35.2 Å². The Morgan fingerprint density at radius 3 is 2.48 bits per heavy atom. The van der Waals surface area contributed by atoms with Gasteiger partial charge in [-0.3, -0.25) is 4.79 Å². The quantitative estimate of drug-likeness (QED) is 0.373. The van der Waals surface area contributed by atoms with Crippen molar-refractivity contribution in [1.82, 2.24) is 5.43 Å². The summed E-state index contributed by atoms with van der Waals surface area (Å²) in [5.41, 5.74) is 5.39. The molecule has 148 valence electrons. The largest absolute Gasteiger partial charge is 0.489 e. The second kappa shape index (κ2) is 10.6. The van der Waals surface area contributed by atoms with E-state index in [2.05, 4.69) is 10.5 Å². The van der Waals surface area contributed by atoms with Crippen molar-refractivity contribution >= 4 is 35.3 Å². The molecule has 0 fully saturated rings. The molecule has 4 nitrogen and oxygen atoms in total. The summed E-state index contributed by atoms with van der Waals surface area (Å²) in [4.78, 5) is 11.9. The highest BCUT2D eigenvalue weighted by Crippen LogP contribution is 2.22. The van der Waals surface area contributed by atoms with E-state index in [1.54, 1.807) is 18.3 Å². The third-order valence-corrected chi connectivity index (χ3v) is 4.76. The molecule has 3 aromatic rings. The smallest absolute Gasteiger partial charge is 0.240 e. The number of amides is 1. The second-order valence-corrected chi connectivity index (χ2v) is 7.22. The number of hydrogen-bond acceptors (Lipinski definition) is 3. The third kappa shape index (κ3) is 6.93. The number of aryl methyl sites for hydroxylation is 1. The Morgan fingerprint density at radius 1 is 1.00 bits per heavy atom. The second-order valence-electron chi connectivity index (χ2n) is 6.37. The number of nitrogens with one attached hydrogen (secondary N) is 1. The maximum absolute atomic E-state index is 11.9. The van der Waals surface area contributed by atoms with E-state index in [-0.39, 0.29) is 5.91 Å². The Bertz CT molecular complexity index is 974. The van der Waals surface area contributed by atoms with Crippen molar-refractivity contribution in [2.75, 3.05) is 0 Å². The zero-order valence-electron chi connectivity index (χ0n) is 15.6. The highest BCUT2D eigenvalue weighted by Gasteiger charge is 2.03. The SMILES string of the molecule is O=C(CCc1ccccc1)N/N=C/c1ccc(OCc2ccc(Cl)cc2Cl)cc1. The molecule has 0 heterocycles. The topological polar surface area (TPSA) is 50.7 Å². The van der Waals surface area contributed by atoms with Crippen molar-refractivity contribution in [3.63, 3.8) is 0 Å². The summed E-state index contributed by atoms with van der Waals surface area (Å²) in [5.74, 6) is 0.588. The Morgan fingerprint density at radius 2 is 1.76 bits per heavy atom. The summed E-state index contributed by atoms with van der Waals surface area (Å²) >= 11 is 12.0. The van der Waals surface area contributed by atoms with E-state index in [1.807, 2.05) is 60.7 Å². The monoisotopic (exact) mass is 426 g/mol. The molecule has 0 saturated carbocycles. The molecular weight excluding hydrogens is 407 g/mol. The molecule has 0 bridgehead atoms. The van der Waals surface area contributed by atoms with Gasteiger partial charge >= 0.3 is 0 Å². The van der Waals surface area contributed by atoms with E-state index in [0.717, 1.165) is 16.7 Å². The van der Waals surface area contributed by atoms with Crippen LogP contribution >= 0.6 is 23.2 Å². The van der Waals surface area contributed by atoms with E-state index >= 15 is 0 Å². The van der Waals surface area contributed by atoms with Crippen LogP contribution in [-0.2, 0) is 17.8 Å². The molecule has 0 radical (unpaired) electrons. The first-order valence-electron chi connectivity index (χ1n) is 9.13. The van der Waals surface area contributed by atoms with Gasteiger partial charge in [-0.1, -0.05) is 59.6 Å². The summed E-state index contributed by atoms with van der Waals surface area (Å²) in [7, 11) is 0. The van der Waals surface area contributed by atoms with Crippen LogP contribution in [0.3, 0.4) is 0 Å². The van der Waals surface area contributed by atoms with Crippen molar-refractivity contribution in [1.29, 1.82) is 0 Å². The van der Waals surface area contributed by atoms with Gasteiger partial charge in [0.1, 0.15) is 12.4 Å². The molecular formula is C23H20Cl2N2O2. The summed E-state index contributed by atoms with van der Waals surface area (Å²) in [6, 6.07) is 22.6. The lowest BCUT2D eigenvalue weighted by molar-refractivity contribution is -0.121. The maximum Gasteiger partial charge on any atom is 0.240 e. The van der Waals surface area contributed by atoms with Crippen molar-refractivity contribution in [3.05, 3.63) is 99.5 Å². The molecule has 1 amide bonds. The molecule has 0 atom stereocenters. The van der Waals surface area contributed by atoms with E-state index in [9.17, 15) is 4.79 Å². The molecule has 0 aromatic heterocycles. The number of carbonyl (C=O) groups excluding carboxylic acids is 1. The number of nitrogens with zero attached hydrogens (tertiary/aromatic N) is 1. The van der Waals surface area contributed by atoms with Crippen LogP contribution < -0.4 is 10.2 Å². The van der Waals surface area contributed by atoms with Crippen LogP contribution in [-0.4, -0.2) is 12.1 Å². The maximum atomic E-state index is 11.9. The molecule has 0 saturated heterocycles. The van der Waals surface area contributed by atoms with Crippen LogP contribution in [0, 0.1) is 0 Å². The molecule has 1 N–H and O–H groups in total. The number of rotatable bonds is 8. The average Bonchev–Trinajstić information content (AvgIpc) is 2.73. The van der Waals surface area contributed by atoms with Gasteiger partial charge in [-0.2, -0.15) is 5.10 Å². The Balaban J connectivity index is 1.44. The number of benzene rings is 3. The molecule has 0 aliphatic heterocycles. The lowest BCUT2D eigenvalue weighted by Gasteiger charge is -2.08. The number of carbonyl (C=O) groups is 1. The minimum atomic E-state index is -0.120. The van der Waals surface area contributed by atoms with Crippen molar-refractivity contribution < 1.29 is 9.53 Å². The van der Waals surface area contributed by atoms with E-state index < -0.39 is 0 Å². The molecule has 0 spiro atoms. The molecule has 3 aromatic carbocycles. The van der Waals surface area contributed by atoms with Gasteiger partial charge in [0, 0.05) is 22.0 Å². The first-order chi connectivity index (χ1) is 14.1. The summed E-state index contributed by atoms with van der Waals surface area (Å²) < 4.78 is 5.74.